The summed E-state index contributed by atoms with van der Waals surface area (Å²) in [6.07, 6.45) is -4.41. The summed E-state index contributed by atoms with van der Waals surface area (Å²) in [5.74, 6) is 0.338. The predicted molar refractivity (Wildman–Crippen MR) is 99.2 cm³/mol. The summed E-state index contributed by atoms with van der Waals surface area (Å²) in [5, 5.41) is 3.10. The van der Waals surface area contributed by atoms with Gasteiger partial charge in [-0.3, -0.25) is 4.99 Å². The summed E-state index contributed by atoms with van der Waals surface area (Å²) in [7, 11) is 1.83. The van der Waals surface area contributed by atoms with Crippen LogP contribution in [0.3, 0.4) is 0 Å². The number of hydrogen-bond acceptors (Lipinski definition) is 1. The molecule has 0 fully saturated rings. The lowest BCUT2D eigenvalue weighted by atomic mass is 10.2. The molecule has 0 aromatic heterocycles. The average molecular weight is 461 g/mol. The maximum absolute atomic E-state index is 12.9. The molecular weight excluding hydrogens is 437 g/mol. The zero-order chi connectivity index (χ0) is 17.3. The van der Waals surface area contributed by atoms with Crippen LogP contribution in [-0.4, -0.2) is 37.2 Å². The van der Waals surface area contributed by atoms with Crippen molar-refractivity contribution in [3.63, 3.8) is 0 Å². The lowest BCUT2D eigenvalue weighted by Gasteiger charge is -2.22. The van der Waals surface area contributed by atoms with Crippen molar-refractivity contribution < 1.29 is 17.6 Å². The van der Waals surface area contributed by atoms with Crippen molar-refractivity contribution in [1.82, 2.24) is 10.2 Å². The first-order valence-electron chi connectivity index (χ1n) is 7.62. The molecule has 1 N–H and O–H groups in total. The minimum atomic E-state index is -4.10. The van der Waals surface area contributed by atoms with Gasteiger partial charge in [0.15, 0.2) is 5.96 Å². The second-order valence-electron chi connectivity index (χ2n) is 5.29. The van der Waals surface area contributed by atoms with Crippen LogP contribution in [0, 0.1) is 5.82 Å². The minimum absolute atomic E-state index is 0. The maximum atomic E-state index is 12.9. The number of guanidine groups is 1. The molecular formula is C16H24F4IN3. The number of alkyl halides is 3. The second kappa shape index (κ2) is 11.5. The topological polar surface area (TPSA) is 27.6 Å². The van der Waals surface area contributed by atoms with Crippen LogP contribution < -0.4 is 5.32 Å². The molecule has 1 aromatic rings. The highest BCUT2D eigenvalue weighted by atomic mass is 127. The van der Waals surface area contributed by atoms with Crippen LogP contribution in [0.4, 0.5) is 17.6 Å². The Bertz CT molecular complexity index is 489. The van der Waals surface area contributed by atoms with Crippen molar-refractivity contribution in [3.05, 3.63) is 35.6 Å². The molecule has 0 aliphatic rings. The molecule has 0 aliphatic carbocycles. The van der Waals surface area contributed by atoms with E-state index in [0.717, 1.165) is 5.56 Å². The quantitative estimate of drug-likeness (QED) is 0.212. The number of aliphatic imine (C=N–C) groups is 1. The summed E-state index contributed by atoms with van der Waals surface area (Å²) < 4.78 is 49.1. The van der Waals surface area contributed by atoms with Crippen molar-refractivity contribution in [2.45, 2.75) is 38.9 Å². The van der Waals surface area contributed by atoms with Crippen molar-refractivity contribution in [3.8, 4) is 0 Å². The number of nitrogens with one attached hydrogen (secondary N) is 1. The van der Waals surface area contributed by atoms with Gasteiger partial charge in [0.1, 0.15) is 5.82 Å². The van der Waals surface area contributed by atoms with E-state index in [9.17, 15) is 17.6 Å². The van der Waals surface area contributed by atoms with Gasteiger partial charge in [-0.05, 0) is 37.5 Å². The number of halogens is 5. The third-order valence-electron chi connectivity index (χ3n) is 3.16. The molecule has 0 saturated heterocycles. The molecule has 0 atom stereocenters. The molecule has 1 rings (SSSR count). The standard InChI is InChI=1S/C16H23F4N3.HI/c1-3-21-15(22-11-5-4-10-16(18,19)20)23(2)12-13-6-8-14(17)9-7-13;/h6-9H,3-5,10-12H2,1-2H3,(H,21,22);1H. The van der Waals surface area contributed by atoms with E-state index in [2.05, 4.69) is 10.3 Å². The van der Waals surface area contributed by atoms with Crippen LogP contribution in [0.15, 0.2) is 29.3 Å². The summed E-state index contributed by atoms with van der Waals surface area (Å²) in [5.41, 5.74) is 0.927. The lowest BCUT2D eigenvalue weighted by molar-refractivity contribution is -0.135. The summed E-state index contributed by atoms with van der Waals surface area (Å²) in [4.78, 5) is 6.20. The van der Waals surface area contributed by atoms with Gasteiger partial charge in [0.25, 0.3) is 0 Å². The third-order valence-corrected chi connectivity index (χ3v) is 3.16. The van der Waals surface area contributed by atoms with Crippen molar-refractivity contribution in [2.24, 2.45) is 4.99 Å². The number of benzene rings is 1. The Labute approximate surface area is 157 Å². The van der Waals surface area contributed by atoms with Crippen molar-refractivity contribution in [1.29, 1.82) is 0 Å². The molecule has 0 unspecified atom stereocenters. The largest absolute Gasteiger partial charge is 0.389 e. The average Bonchev–Trinajstić information content (AvgIpc) is 2.47. The van der Waals surface area contributed by atoms with Gasteiger partial charge >= 0.3 is 6.18 Å². The molecule has 0 bridgehead atoms. The summed E-state index contributed by atoms with van der Waals surface area (Å²) in [6, 6.07) is 6.17. The SMILES string of the molecule is CCNC(=NCCCCC(F)(F)F)N(C)Cc1ccc(F)cc1.I. The fourth-order valence-corrected chi connectivity index (χ4v) is 2.03. The van der Waals surface area contributed by atoms with Gasteiger partial charge in [-0.1, -0.05) is 12.1 Å². The first kappa shape index (κ1) is 22.9. The fraction of sp³-hybridized carbons (Fsp3) is 0.562. The van der Waals surface area contributed by atoms with E-state index in [0.29, 0.717) is 32.0 Å². The molecule has 0 saturated carbocycles. The molecule has 0 aliphatic heterocycles. The van der Waals surface area contributed by atoms with Crippen LogP contribution in [0.5, 0.6) is 0 Å². The summed E-state index contributed by atoms with van der Waals surface area (Å²) >= 11 is 0. The van der Waals surface area contributed by atoms with E-state index < -0.39 is 12.6 Å². The monoisotopic (exact) mass is 461 g/mol. The summed E-state index contributed by atoms with van der Waals surface area (Å²) in [6.45, 7) is 3.46. The highest BCUT2D eigenvalue weighted by Crippen LogP contribution is 2.22. The number of unbranched alkanes of at least 4 members (excludes halogenated alkanes) is 1. The zero-order valence-electron chi connectivity index (χ0n) is 13.9. The molecule has 0 amide bonds. The Hall–Kier alpha value is -1.06. The molecule has 0 radical (unpaired) electrons. The molecule has 24 heavy (non-hydrogen) atoms. The van der Waals surface area contributed by atoms with Gasteiger partial charge in [-0.25, -0.2) is 4.39 Å². The molecule has 0 spiro atoms. The van der Waals surface area contributed by atoms with E-state index in [1.807, 2.05) is 18.9 Å². The van der Waals surface area contributed by atoms with Crippen molar-refractivity contribution >= 4 is 29.9 Å². The van der Waals surface area contributed by atoms with Crippen LogP contribution in [0.2, 0.25) is 0 Å². The van der Waals surface area contributed by atoms with Crippen molar-refractivity contribution in [2.75, 3.05) is 20.1 Å². The van der Waals surface area contributed by atoms with Crippen LogP contribution >= 0.6 is 24.0 Å². The normalized spacial score (nSPS) is 11.8. The van der Waals surface area contributed by atoms with E-state index >= 15 is 0 Å². The Kier molecular flexibility index (Phi) is 11.0. The first-order valence-corrected chi connectivity index (χ1v) is 7.62. The van der Waals surface area contributed by atoms with Gasteiger partial charge in [0, 0.05) is 33.1 Å². The highest BCUT2D eigenvalue weighted by Gasteiger charge is 2.25. The smallest absolute Gasteiger partial charge is 0.357 e. The van der Waals surface area contributed by atoms with E-state index in [1.165, 1.54) is 12.1 Å². The van der Waals surface area contributed by atoms with Crippen LogP contribution in [0.25, 0.3) is 0 Å². The Morgan fingerprint density at radius 3 is 2.33 bits per heavy atom. The van der Waals surface area contributed by atoms with Gasteiger partial charge in [-0.2, -0.15) is 13.2 Å². The predicted octanol–water partition coefficient (Wildman–Crippen LogP) is 4.57. The fourth-order valence-electron chi connectivity index (χ4n) is 2.03. The lowest BCUT2D eigenvalue weighted by Crippen LogP contribution is -2.38. The molecule has 8 heteroatoms. The van der Waals surface area contributed by atoms with Gasteiger partial charge < -0.3 is 10.2 Å². The number of rotatable bonds is 7. The van der Waals surface area contributed by atoms with Crippen LogP contribution in [0.1, 0.15) is 31.7 Å². The zero-order valence-corrected chi connectivity index (χ0v) is 16.2. The third kappa shape index (κ3) is 9.94. The Morgan fingerprint density at radius 1 is 1.17 bits per heavy atom. The number of nitrogens with zero attached hydrogens (tertiary/aromatic N) is 2. The van der Waals surface area contributed by atoms with Gasteiger partial charge in [0.2, 0.25) is 0 Å². The van der Waals surface area contributed by atoms with E-state index in [1.54, 1.807) is 12.1 Å². The molecule has 138 valence electrons. The first-order chi connectivity index (χ1) is 10.8. The number of hydrogen-bond donors (Lipinski definition) is 1. The van der Waals surface area contributed by atoms with E-state index in [-0.39, 0.29) is 36.2 Å². The van der Waals surface area contributed by atoms with Crippen LogP contribution in [-0.2, 0) is 6.54 Å². The Morgan fingerprint density at radius 2 is 1.79 bits per heavy atom. The maximum Gasteiger partial charge on any atom is 0.389 e. The highest BCUT2D eigenvalue weighted by molar-refractivity contribution is 14.0. The van der Waals surface area contributed by atoms with Gasteiger partial charge in [-0.15, -0.1) is 24.0 Å². The Balaban J connectivity index is 0.00000529. The second-order valence-corrected chi connectivity index (χ2v) is 5.29. The van der Waals surface area contributed by atoms with Gasteiger partial charge in [0.05, 0.1) is 0 Å². The minimum Gasteiger partial charge on any atom is -0.357 e. The molecule has 0 heterocycles. The molecule has 1 aromatic carbocycles. The van der Waals surface area contributed by atoms with E-state index in [4.69, 9.17) is 0 Å². The molecule has 3 nitrogen and oxygen atoms in total.